The van der Waals surface area contributed by atoms with Gasteiger partial charge in [-0.2, -0.15) is 17.8 Å². The third-order valence-corrected chi connectivity index (χ3v) is 5.30. The van der Waals surface area contributed by atoms with Crippen LogP contribution in [0, 0.1) is 5.92 Å². The van der Waals surface area contributed by atoms with Crippen LogP contribution in [0.15, 0.2) is 12.3 Å². The zero-order valence-electron chi connectivity index (χ0n) is 11.8. The van der Waals surface area contributed by atoms with Gasteiger partial charge in [0, 0.05) is 39.3 Å². The smallest absolute Gasteiger partial charge is 0.279 e. The minimum atomic E-state index is -3.37. The van der Waals surface area contributed by atoms with Crippen LogP contribution in [0.4, 0.5) is 0 Å². The number of hydrogen-bond donors (Lipinski definition) is 2. The molecule has 20 heavy (non-hydrogen) atoms. The van der Waals surface area contributed by atoms with Crippen LogP contribution in [0.3, 0.4) is 0 Å². The van der Waals surface area contributed by atoms with Crippen molar-refractivity contribution in [2.24, 2.45) is 18.7 Å². The highest BCUT2D eigenvalue weighted by Crippen LogP contribution is 2.17. The lowest BCUT2D eigenvalue weighted by atomic mass is 9.99. The van der Waals surface area contributed by atoms with E-state index in [9.17, 15) is 8.42 Å². The Balaban J connectivity index is 1.79. The van der Waals surface area contributed by atoms with E-state index in [0.29, 0.717) is 38.5 Å². The molecule has 1 aromatic heterocycles. The first-order valence-electron chi connectivity index (χ1n) is 6.94. The van der Waals surface area contributed by atoms with Crippen LogP contribution < -0.4 is 10.5 Å². The van der Waals surface area contributed by atoms with Crippen LogP contribution in [-0.2, 0) is 23.7 Å². The molecule has 0 bridgehead atoms. The van der Waals surface area contributed by atoms with Crippen molar-refractivity contribution in [2.45, 2.75) is 19.3 Å². The normalized spacial score (nSPS) is 18.5. The highest BCUT2D eigenvalue weighted by atomic mass is 32.2. The standard InChI is InChI=1S/C12H23N5O2S/c1-16-7-5-12(15-16)2-6-14-20(18,19)17-8-3-11(10-13)4-9-17/h5,7,11,14H,2-4,6,8-10,13H2,1H3. The molecule has 1 fully saturated rings. The van der Waals surface area contributed by atoms with Gasteiger partial charge < -0.3 is 5.73 Å². The van der Waals surface area contributed by atoms with Gasteiger partial charge in [0.05, 0.1) is 5.69 Å². The van der Waals surface area contributed by atoms with Gasteiger partial charge in [-0.05, 0) is 31.4 Å². The number of nitrogens with two attached hydrogens (primary N) is 1. The van der Waals surface area contributed by atoms with Gasteiger partial charge in [0.2, 0.25) is 0 Å². The molecular weight excluding hydrogens is 278 g/mol. The van der Waals surface area contributed by atoms with Crippen molar-refractivity contribution in [2.75, 3.05) is 26.2 Å². The zero-order chi connectivity index (χ0) is 14.6. The molecule has 2 rings (SSSR count). The van der Waals surface area contributed by atoms with E-state index in [4.69, 9.17) is 5.73 Å². The van der Waals surface area contributed by atoms with E-state index in [1.807, 2.05) is 19.3 Å². The van der Waals surface area contributed by atoms with E-state index in [-0.39, 0.29) is 0 Å². The summed E-state index contributed by atoms with van der Waals surface area (Å²) in [4.78, 5) is 0. The quantitative estimate of drug-likeness (QED) is 0.738. The lowest BCUT2D eigenvalue weighted by Gasteiger charge is -2.30. The van der Waals surface area contributed by atoms with Crippen LogP contribution >= 0.6 is 0 Å². The van der Waals surface area contributed by atoms with Crippen LogP contribution in [0.1, 0.15) is 18.5 Å². The summed E-state index contributed by atoms with van der Waals surface area (Å²) in [6.45, 7) is 2.12. The summed E-state index contributed by atoms with van der Waals surface area (Å²) in [6.07, 6.45) is 4.13. The summed E-state index contributed by atoms with van der Waals surface area (Å²) in [5.41, 5.74) is 6.50. The van der Waals surface area contributed by atoms with Gasteiger partial charge in [-0.1, -0.05) is 0 Å². The van der Waals surface area contributed by atoms with Gasteiger partial charge in [0.1, 0.15) is 0 Å². The maximum atomic E-state index is 12.1. The molecule has 1 aliphatic rings. The molecule has 114 valence electrons. The van der Waals surface area contributed by atoms with E-state index in [0.717, 1.165) is 18.5 Å². The molecule has 0 unspecified atom stereocenters. The number of hydrogen-bond acceptors (Lipinski definition) is 4. The summed E-state index contributed by atoms with van der Waals surface area (Å²) in [5, 5.41) is 4.22. The monoisotopic (exact) mass is 301 g/mol. The molecule has 2 heterocycles. The summed E-state index contributed by atoms with van der Waals surface area (Å²) < 4.78 is 30.1. The van der Waals surface area contributed by atoms with Crippen molar-refractivity contribution >= 4 is 10.2 Å². The third-order valence-electron chi connectivity index (χ3n) is 3.68. The Labute approximate surface area is 120 Å². The van der Waals surface area contributed by atoms with Gasteiger partial charge in [-0.15, -0.1) is 0 Å². The number of aryl methyl sites for hydroxylation is 1. The molecule has 0 spiro atoms. The molecule has 0 aromatic carbocycles. The molecule has 0 aliphatic carbocycles. The predicted octanol–water partition coefficient (Wildman–Crippen LogP) is -0.532. The van der Waals surface area contributed by atoms with E-state index < -0.39 is 10.2 Å². The first kappa shape index (κ1) is 15.4. The first-order valence-corrected chi connectivity index (χ1v) is 8.38. The third kappa shape index (κ3) is 4.02. The fourth-order valence-corrected chi connectivity index (χ4v) is 3.62. The minimum absolute atomic E-state index is 0.371. The van der Waals surface area contributed by atoms with Gasteiger partial charge in [0.25, 0.3) is 10.2 Å². The number of nitrogens with one attached hydrogen (secondary N) is 1. The van der Waals surface area contributed by atoms with Crippen LogP contribution in [0.2, 0.25) is 0 Å². The Morgan fingerprint density at radius 2 is 2.15 bits per heavy atom. The zero-order valence-corrected chi connectivity index (χ0v) is 12.6. The second-order valence-corrected chi connectivity index (χ2v) is 6.96. The highest BCUT2D eigenvalue weighted by Gasteiger charge is 2.26. The maximum Gasteiger partial charge on any atom is 0.279 e. The topological polar surface area (TPSA) is 93.2 Å². The Bertz CT molecular complexity index is 520. The molecule has 7 nitrogen and oxygen atoms in total. The Kier molecular flexibility index (Phi) is 5.14. The molecule has 0 atom stereocenters. The predicted molar refractivity (Wildman–Crippen MR) is 77.2 cm³/mol. The van der Waals surface area contributed by atoms with Crippen molar-refractivity contribution in [1.82, 2.24) is 18.8 Å². The fourth-order valence-electron chi connectivity index (χ4n) is 2.38. The average molecular weight is 301 g/mol. The van der Waals surface area contributed by atoms with Crippen molar-refractivity contribution < 1.29 is 8.42 Å². The number of aromatic nitrogens is 2. The summed E-state index contributed by atoms with van der Waals surface area (Å²) in [5.74, 6) is 0.454. The molecule has 8 heteroatoms. The Morgan fingerprint density at radius 1 is 1.45 bits per heavy atom. The SMILES string of the molecule is Cn1ccc(CCNS(=O)(=O)N2CCC(CN)CC2)n1. The van der Waals surface area contributed by atoms with E-state index in [1.54, 1.807) is 4.68 Å². The molecule has 0 radical (unpaired) electrons. The summed E-state index contributed by atoms with van der Waals surface area (Å²) in [6, 6.07) is 1.89. The molecule has 1 saturated heterocycles. The van der Waals surface area contributed by atoms with Gasteiger partial charge in [0.15, 0.2) is 0 Å². The van der Waals surface area contributed by atoms with E-state index in [2.05, 4.69) is 9.82 Å². The second-order valence-electron chi connectivity index (χ2n) is 5.21. The van der Waals surface area contributed by atoms with E-state index in [1.165, 1.54) is 4.31 Å². The summed E-state index contributed by atoms with van der Waals surface area (Å²) >= 11 is 0. The van der Waals surface area contributed by atoms with Crippen LogP contribution in [-0.4, -0.2) is 48.7 Å². The van der Waals surface area contributed by atoms with Crippen molar-refractivity contribution in [3.05, 3.63) is 18.0 Å². The fraction of sp³-hybridized carbons (Fsp3) is 0.750. The lowest BCUT2D eigenvalue weighted by Crippen LogP contribution is -2.46. The van der Waals surface area contributed by atoms with Gasteiger partial charge in [-0.25, -0.2) is 4.72 Å². The summed E-state index contributed by atoms with van der Waals surface area (Å²) in [7, 11) is -1.53. The number of nitrogens with zero attached hydrogens (tertiary/aromatic N) is 3. The largest absolute Gasteiger partial charge is 0.330 e. The molecule has 0 saturated carbocycles. The average Bonchev–Trinajstić information content (AvgIpc) is 2.84. The molecule has 3 N–H and O–H groups in total. The van der Waals surface area contributed by atoms with Crippen molar-refractivity contribution in [1.29, 1.82) is 0 Å². The second kappa shape index (κ2) is 6.66. The maximum absolute atomic E-state index is 12.1. The lowest BCUT2D eigenvalue weighted by molar-refractivity contribution is 0.276. The molecule has 1 aliphatic heterocycles. The minimum Gasteiger partial charge on any atom is -0.330 e. The number of rotatable bonds is 6. The number of piperidine rings is 1. The van der Waals surface area contributed by atoms with Crippen molar-refractivity contribution in [3.8, 4) is 0 Å². The van der Waals surface area contributed by atoms with Crippen LogP contribution in [0.25, 0.3) is 0 Å². The Morgan fingerprint density at radius 3 is 2.70 bits per heavy atom. The molecule has 0 amide bonds. The van der Waals surface area contributed by atoms with Crippen LogP contribution in [0.5, 0.6) is 0 Å². The van der Waals surface area contributed by atoms with Gasteiger partial charge >= 0.3 is 0 Å². The van der Waals surface area contributed by atoms with E-state index >= 15 is 0 Å². The molecule has 1 aromatic rings. The highest BCUT2D eigenvalue weighted by molar-refractivity contribution is 7.87. The first-order chi connectivity index (χ1) is 9.51. The van der Waals surface area contributed by atoms with Crippen molar-refractivity contribution in [3.63, 3.8) is 0 Å². The molecular formula is C12H23N5O2S. The van der Waals surface area contributed by atoms with Gasteiger partial charge in [-0.3, -0.25) is 4.68 Å². The Hall–Kier alpha value is -0.960.